The van der Waals surface area contributed by atoms with E-state index in [1.54, 1.807) is 0 Å². The van der Waals surface area contributed by atoms with Gasteiger partial charge < -0.3 is 0 Å². The average Bonchev–Trinajstić information content (AvgIpc) is 3.02. The molecule has 2 rings (SSSR count). The minimum Gasteiger partial charge on any atom is -0.263 e. The molecule has 0 aromatic rings. The minimum absolute atomic E-state index is 0.792. The van der Waals surface area contributed by atoms with Crippen molar-refractivity contribution in [1.82, 2.24) is 4.90 Å². The molecule has 0 radical (unpaired) electrons. The molecule has 4 atom stereocenters. The van der Waals surface area contributed by atoms with Crippen LogP contribution in [-0.4, -0.2) is 40.0 Å². The Morgan fingerprint density at radius 3 is 1.63 bits per heavy atom. The lowest BCUT2D eigenvalue weighted by Crippen LogP contribution is -2.40. The normalized spacial score (nSPS) is 35.2. The van der Waals surface area contributed by atoms with Gasteiger partial charge in [0.2, 0.25) is 6.34 Å². The fourth-order valence-corrected chi connectivity index (χ4v) is 4.15. The summed E-state index contributed by atoms with van der Waals surface area (Å²) < 4.78 is 2.72. The molecule has 0 amide bonds. The van der Waals surface area contributed by atoms with E-state index in [9.17, 15) is 0 Å². The first-order valence-corrected chi connectivity index (χ1v) is 8.64. The maximum absolute atomic E-state index is 2.72. The first-order chi connectivity index (χ1) is 9.24. The summed E-state index contributed by atoms with van der Waals surface area (Å²) in [6, 6.07) is 3.17. The van der Waals surface area contributed by atoms with Crippen molar-refractivity contribution >= 4 is 6.34 Å². The highest BCUT2D eigenvalue weighted by Gasteiger charge is 2.38. The van der Waals surface area contributed by atoms with E-state index in [0.717, 1.165) is 24.2 Å². The van der Waals surface area contributed by atoms with Crippen LogP contribution in [0.4, 0.5) is 0 Å². The Bertz CT molecular complexity index is 284. The summed E-state index contributed by atoms with van der Waals surface area (Å²) >= 11 is 0. The van der Waals surface area contributed by atoms with Gasteiger partial charge in [0.05, 0.1) is 24.2 Å². The number of hydrogen-bond acceptors (Lipinski definition) is 0. The summed E-state index contributed by atoms with van der Waals surface area (Å²) in [4.78, 5) is 2.72. The van der Waals surface area contributed by atoms with Gasteiger partial charge in [-0.05, 0) is 51.4 Å². The molecular formula is C17H33N2+. The summed E-state index contributed by atoms with van der Waals surface area (Å²) in [5.41, 5.74) is 0. The molecule has 0 aromatic carbocycles. The predicted octanol–water partition coefficient (Wildman–Crippen LogP) is 4.03. The van der Waals surface area contributed by atoms with Crippen LogP contribution in [0.1, 0.15) is 79.1 Å². The summed E-state index contributed by atoms with van der Waals surface area (Å²) in [7, 11) is 0. The van der Waals surface area contributed by atoms with Crippen LogP contribution in [0.2, 0.25) is 0 Å². The van der Waals surface area contributed by atoms with E-state index >= 15 is 0 Å². The lowest BCUT2D eigenvalue weighted by Gasteiger charge is -2.24. The molecule has 0 unspecified atom stereocenters. The Balaban J connectivity index is 2.20. The van der Waals surface area contributed by atoms with Crippen LogP contribution in [0.5, 0.6) is 0 Å². The zero-order valence-corrected chi connectivity index (χ0v) is 13.4. The highest BCUT2D eigenvalue weighted by molar-refractivity contribution is 5.51. The van der Waals surface area contributed by atoms with Gasteiger partial charge in [-0.3, -0.25) is 9.48 Å². The van der Waals surface area contributed by atoms with Crippen molar-refractivity contribution in [3.8, 4) is 0 Å². The molecule has 0 saturated carbocycles. The summed E-state index contributed by atoms with van der Waals surface area (Å²) in [6.07, 6.45) is 13.3. The molecule has 0 bridgehead atoms. The van der Waals surface area contributed by atoms with Crippen LogP contribution in [0.25, 0.3) is 0 Å². The van der Waals surface area contributed by atoms with Crippen molar-refractivity contribution in [3.05, 3.63) is 0 Å². The number of nitrogens with zero attached hydrogens (tertiary/aromatic N) is 2. The van der Waals surface area contributed by atoms with E-state index in [1.807, 2.05) is 0 Å². The van der Waals surface area contributed by atoms with E-state index < -0.39 is 0 Å². The van der Waals surface area contributed by atoms with E-state index in [2.05, 4.69) is 43.5 Å². The van der Waals surface area contributed by atoms with Gasteiger partial charge in [0, 0.05) is 0 Å². The topological polar surface area (TPSA) is 6.25 Å². The van der Waals surface area contributed by atoms with E-state index in [0.29, 0.717) is 0 Å². The van der Waals surface area contributed by atoms with Crippen molar-refractivity contribution < 1.29 is 4.58 Å². The molecule has 2 aliphatic rings. The van der Waals surface area contributed by atoms with Gasteiger partial charge in [0.15, 0.2) is 0 Å². The highest BCUT2D eigenvalue weighted by atomic mass is 15.3. The van der Waals surface area contributed by atoms with Crippen molar-refractivity contribution in [2.45, 2.75) is 103 Å². The van der Waals surface area contributed by atoms with E-state index in [-0.39, 0.29) is 0 Å². The molecule has 110 valence electrons. The van der Waals surface area contributed by atoms with Crippen LogP contribution in [0.3, 0.4) is 0 Å². The van der Waals surface area contributed by atoms with Crippen LogP contribution >= 0.6 is 0 Å². The molecule has 0 aromatic heterocycles. The second kappa shape index (κ2) is 6.76. The van der Waals surface area contributed by atoms with Gasteiger partial charge in [0.25, 0.3) is 0 Å². The Hall–Kier alpha value is -0.530. The molecule has 2 heterocycles. The molecule has 0 spiro atoms. The monoisotopic (exact) mass is 265 g/mol. The van der Waals surface area contributed by atoms with Gasteiger partial charge >= 0.3 is 0 Å². The fraction of sp³-hybridized carbons (Fsp3) is 0.941. The summed E-state index contributed by atoms with van der Waals surface area (Å²) in [5, 5.41) is 0. The van der Waals surface area contributed by atoms with Gasteiger partial charge in [-0.25, -0.2) is 0 Å². The Morgan fingerprint density at radius 2 is 1.26 bits per heavy atom. The van der Waals surface area contributed by atoms with Crippen LogP contribution < -0.4 is 0 Å². The smallest absolute Gasteiger partial charge is 0.234 e. The highest BCUT2D eigenvalue weighted by Crippen LogP contribution is 2.29. The summed E-state index contributed by atoms with van der Waals surface area (Å²) in [5.74, 6) is 0. The van der Waals surface area contributed by atoms with Crippen molar-refractivity contribution in [2.24, 2.45) is 0 Å². The first-order valence-electron chi connectivity index (χ1n) is 8.64. The largest absolute Gasteiger partial charge is 0.263 e. The third-order valence-electron chi connectivity index (χ3n) is 5.50. The van der Waals surface area contributed by atoms with E-state index in [4.69, 9.17) is 0 Å². The second-order valence-corrected chi connectivity index (χ2v) is 6.41. The van der Waals surface area contributed by atoms with Gasteiger partial charge in [-0.1, -0.05) is 27.7 Å². The van der Waals surface area contributed by atoms with Gasteiger partial charge in [-0.2, -0.15) is 0 Å². The molecule has 2 aliphatic heterocycles. The lowest BCUT2D eigenvalue weighted by molar-refractivity contribution is -0.579. The van der Waals surface area contributed by atoms with Crippen molar-refractivity contribution in [3.63, 3.8) is 0 Å². The third kappa shape index (κ3) is 2.98. The van der Waals surface area contributed by atoms with E-state index in [1.165, 1.54) is 51.4 Å². The molecular weight excluding hydrogens is 232 g/mol. The maximum Gasteiger partial charge on any atom is 0.234 e. The Morgan fingerprint density at radius 1 is 0.789 bits per heavy atom. The quantitative estimate of drug-likeness (QED) is 0.537. The third-order valence-corrected chi connectivity index (χ3v) is 5.50. The van der Waals surface area contributed by atoms with Crippen LogP contribution in [-0.2, 0) is 0 Å². The van der Waals surface area contributed by atoms with Gasteiger partial charge in [0.1, 0.15) is 0 Å². The fourth-order valence-electron chi connectivity index (χ4n) is 4.15. The molecule has 2 fully saturated rings. The first kappa shape index (κ1) is 14.9. The lowest BCUT2D eigenvalue weighted by atomic mass is 10.1. The molecule has 2 nitrogen and oxygen atoms in total. The number of hydrogen-bond donors (Lipinski definition) is 0. The summed E-state index contributed by atoms with van der Waals surface area (Å²) in [6.45, 7) is 9.40. The number of likely N-dealkylation sites (tertiary alicyclic amines) is 1. The Labute approximate surface area is 119 Å². The van der Waals surface area contributed by atoms with Crippen molar-refractivity contribution in [2.75, 3.05) is 0 Å². The zero-order valence-electron chi connectivity index (χ0n) is 13.4. The van der Waals surface area contributed by atoms with Crippen molar-refractivity contribution in [1.29, 1.82) is 0 Å². The van der Waals surface area contributed by atoms with Crippen LogP contribution in [0, 0.1) is 0 Å². The zero-order chi connectivity index (χ0) is 13.8. The molecule has 0 aliphatic carbocycles. The Kier molecular flexibility index (Phi) is 5.29. The molecule has 2 saturated heterocycles. The predicted molar refractivity (Wildman–Crippen MR) is 82.9 cm³/mol. The minimum atomic E-state index is 0.792. The molecule has 0 N–H and O–H groups in total. The molecule has 2 heteroatoms. The van der Waals surface area contributed by atoms with Crippen LogP contribution in [0.15, 0.2) is 0 Å². The second-order valence-electron chi connectivity index (χ2n) is 6.41. The number of rotatable bonds is 5. The molecule has 19 heavy (non-hydrogen) atoms. The standard InChI is InChI=1S/C17H33N2/c1-5-14-9-10-15(6-2)18(14)13-19-16(7-3)11-12-17(19)8-4/h13-17H,5-12H2,1-4H3/q+1/t14-,15-,16-,17-/m1/s1. The SMILES string of the molecule is CC[C@@H]1CC[C@@H](CC)N1C=[N+]1[C@H](CC)CC[C@H]1CC. The van der Waals surface area contributed by atoms with Gasteiger partial charge in [-0.15, -0.1) is 0 Å². The average molecular weight is 265 g/mol. The maximum atomic E-state index is 2.72.